The molecular formula is C52H74Cl2O18. The lowest BCUT2D eigenvalue weighted by molar-refractivity contribution is -0.333. The quantitative estimate of drug-likeness (QED) is 0.0655. The van der Waals surface area contributed by atoms with Gasteiger partial charge in [0.25, 0.3) is 0 Å². The highest BCUT2D eigenvalue weighted by Crippen LogP contribution is 2.45. The number of esters is 3. The van der Waals surface area contributed by atoms with Crippen LogP contribution in [0.15, 0.2) is 58.7 Å². The number of hydrogen-bond acceptors (Lipinski definition) is 18. The molecule has 0 spiro atoms. The van der Waals surface area contributed by atoms with Gasteiger partial charge in [-0.3, -0.25) is 4.79 Å². The lowest BCUT2D eigenvalue weighted by atomic mass is 9.88. The van der Waals surface area contributed by atoms with Gasteiger partial charge in [0, 0.05) is 19.4 Å². The zero-order chi connectivity index (χ0) is 54.1. The molecule has 3 aliphatic rings. The van der Waals surface area contributed by atoms with Gasteiger partial charge in [-0.2, -0.15) is 0 Å². The molecule has 20 heteroatoms. The number of aromatic hydroxyl groups is 2. The number of phenols is 2. The average molecular weight is 1060 g/mol. The Kier molecular flexibility index (Phi) is 22.4. The van der Waals surface area contributed by atoms with Crippen LogP contribution in [0.25, 0.3) is 0 Å². The zero-order valence-corrected chi connectivity index (χ0v) is 44.5. The second kappa shape index (κ2) is 26.5. The molecular weight excluding hydrogens is 983 g/mol. The first-order valence-electron chi connectivity index (χ1n) is 24.2. The molecule has 1 aromatic rings. The first-order chi connectivity index (χ1) is 33.7. The third kappa shape index (κ3) is 14.7. The van der Waals surface area contributed by atoms with E-state index in [0.717, 1.165) is 0 Å². The van der Waals surface area contributed by atoms with E-state index in [0.29, 0.717) is 23.1 Å². The molecule has 72 heavy (non-hydrogen) atoms. The maximum atomic E-state index is 14.0. The molecule has 0 unspecified atom stereocenters. The van der Waals surface area contributed by atoms with E-state index in [1.807, 2.05) is 32.9 Å². The normalized spacial score (nSPS) is 34.8. The predicted octanol–water partition coefficient (Wildman–Crippen LogP) is 6.23. The molecule has 3 heterocycles. The monoisotopic (exact) mass is 1060 g/mol. The fraction of sp³-hybridized carbons (Fsp3) is 0.635. The van der Waals surface area contributed by atoms with Crippen LogP contribution in [0.4, 0.5) is 0 Å². The highest BCUT2D eigenvalue weighted by atomic mass is 35.5. The van der Waals surface area contributed by atoms with Crippen LogP contribution in [0, 0.1) is 11.8 Å². The lowest BCUT2D eigenvalue weighted by Gasteiger charge is -2.47. The fourth-order valence-electron chi connectivity index (χ4n) is 8.52. The maximum absolute atomic E-state index is 14.0. The maximum Gasteiger partial charge on any atom is 0.342 e. The van der Waals surface area contributed by atoms with Crippen molar-refractivity contribution >= 4 is 41.1 Å². The number of hydrogen-bond donors (Lipinski definition) is 7. The van der Waals surface area contributed by atoms with Crippen molar-refractivity contribution in [2.45, 2.75) is 187 Å². The molecule has 0 aromatic heterocycles. The van der Waals surface area contributed by atoms with Gasteiger partial charge in [-0.25, -0.2) is 9.59 Å². The van der Waals surface area contributed by atoms with Crippen LogP contribution in [0.2, 0.25) is 10.0 Å². The molecule has 1 aromatic carbocycles. The number of carbonyl (C=O) groups is 3. The van der Waals surface area contributed by atoms with Crippen molar-refractivity contribution in [3.8, 4) is 11.5 Å². The van der Waals surface area contributed by atoms with Crippen LogP contribution in [0.3, 0.4) is 0 Å². The molecule has 0 amide bonds. The van der Waals surface area contributed by atoms with Crippen LogP contribution in [-0.4, -0.2) is 153 Å². The highest BCUT2D eigenvalue weighted by molar-refractivity contribution is 6.39. The minimum atomic E-state index is -1.57. The summed E-state index contributed by atoms with van der Waals surface area (Å²) in [5, 5.41) is 76.5. The first kappa shape index (κ1) is 60.7. The van der Waals surface area contributed by atoms with Crippen molar-refractivity contribution in [3.05, 3.63) is 79.9 Å². The van der Waals surface area contributed by atoms with Gasteiger partial charge in [-0.1, -0.05) is 86.9 Å². The molecule has 0 saturated carbocycles. The molecule has 0 bridgehead atoms. The van der Waals surface area contributed by atoms with Crippen LogP contribution in [-0.2, 0) is 53.9 Å². The second-order valence-corrected chi connectivity index (χ2v) is 20.1. The topological polar surface area (TPSA) is 267 Å². The van der Waals surface area contributed by atoms with Gasteiger partial charge in [-0.15, -0.1) is 0 Å². The summed E-state index contributed by atoms with van der Waals surface area (Å²) in [5.41, 5.74) is 0.283. The Labute approximate surface area is 431 Å². The van der Waals surface area contributed by atoms with Crippen molar-refractivity contribution in [1.82, 2.24) is 0 Å². The van der Waals surface area contributed by atoms with Crippen LogP contribution in [0.5, 0.6) is 11.5 Å². The van der Waals surface area contributed by atoms with E-state index in [-0.39, 0.29) is 35.4 Å². The Bertz CT molecular complexity index is 2220. The van der Waals surface area contributed by atoms with Gasteiger partial charge < -0.3 is 73.6 Å². The summed E-state index contributed by atoms with van der Waals surface area (Å²) in [6.45, 7) is 18.0. The molecule has 3 aliphatic heterocycles. The fourth-order valence-corrected chi connectivity index (χ4v) is 9.08. The molecule has 0 radical (unpaired) electrons. The number of carbonyl (C=O) groups excluding carboxylic acids is 3. The Morgan fingerprint density at radius 3 is 2.17 bits per heavy atom. The van der Waals surface area contributed by atoms with Crippen molar-refractivity contribution in [2.24, 2.45) is 11.8 Å². The molecule has 2 saturated heterocycles. The van der Waals surface area contributed by atoms with Crippen molar-refractivity contribution in [2.75, 3.05) is 13.7 Å². The molecule has 2 fully saturated rings. The SMILES string of the molecule is CCc1c(Cl)c(O)c(Cl)c(O)c1C(=O)O[C@@H]1[C@@H](O)[C@@H](OC)[C@@H](OC/C2=C\C=C\C[C@H](O)/C(C)=C/[C@H](CC)[C@@H](O[C@@H]3OC(C)(C)[C@@H](O)[C@H](OC(=O)C(C)C)[C@@H]3O)/C(C)=C/C(C)=C/C[C@@H]([C@@H](C)O)OC2=O)O[C@H]1C. The second-order valence-electron chi connectivity index (χ2n) is 19.4. The van der Waals surface area contributed by atoms with Crippen LogP contribution < -0.4 is 0 Å². The van der Waals surface area contributed by atoms with Crippen LogP contribution in [0.1, 0.15) is 111 Å². The summed E-state index contributed by atoms with van der Waals surface area (Å²) in [6, 6.07) is 0. The number of aliphatic hydroxyl groups is 5. The number of allylic oxidation sites excluding steroid dienone is 4. The smallest absolute Gasteiger partial charge is 0.342 e. The van der Waals surface area contributed by atoms with E-state index in [1.54, 1.807) is 53.7 Å². The molecule has 0 aliphatic carbocycles. The minimum absolute atomic E-state index is 0.0379. The van der Waals surface area contributed by atoms with Crippen molar-refractivity contribution < 1.29 is 88.0 Å². The van der Waals surface area contributed by atoms with Gasteiger partial charge in [0.1, 0.15) is 41.1 Å². The Hall–Kier alpha value is -3.89. The first-order valence-corrected chi connectivity index (χ1v) is 24.9. The summed E-state index contributed by atoms with van der Waals surface area (Å²) in [4.78, 5) is 40.1. The summed E-state index contributed by atoms with van der Waals surface area (Å²) < 4.78 is 47.5. The van der Waals surface area contributed by atoms with Crippen molar-refractivity contribution in [3.63, 3.8) is 0 Å². The number of halogens is 2. The average Bonchev–Trinajstić information content (AvgIpc) is 3.32. The van der Waals surface area contributed by atoms with E-state index in [4.69, 9.17) is 61.1 Å². The lowest BCUT2D eigenvalue weighted by Crippen LogP contribution is -2.64. The molecule has 7 N–H and O–H groups in total. The third-order valence-corrected chi connectivity index (χ3v) is 13.8. The number of rotatable bonds is 13. The third-order valence-electron chi connectivity index (χ3n) is 13.0. The number of aliphatic hydroxyl groups excluding tert-OH is 5. The highest BCUT2D eigenvalue weighted by Gasteiger charge is 2.53. The number of cyclic esters (lactones) is 1. The summed E-state index contributed by atoms with van der Waals surface area (Å²) in [6.07, 6.45) is -5.43. The minimum Gasteiger partial charge on any atom is -0.505 e. The van der Waals surface area contributed by atoms with E-state index in [2.05, 4.69) is 0 Å². The van der Waals surface area contributed by atoms with Crippen molar-refractivity contribution in [1.29, 1.82) is 0 Å². The van der Waals surface area contributed by atoms with E-state index in [9.17, 15) is 50.1 Å². The van der Waals surface area contributed by atoms with E-state index < -0.39 is 144 Å². The number of benzene rings is 1. The molecule has 404 valence electrons. The predicted molar refractivity (Wildman–Crippen MR) is 265 cm³/mol. The van der Waals surface area contributed by atoms with Gasteiger partial charge in [0.05, 0.1) is 53.1 Å². The molecule has 18 nitrogen and oxygen atoms in total. The van der Waals surface area contributed by atoms with Crippen LogP contribution >= 0.6 is 23.2 Å². The number of methoxy groups -OCH3 is 1. The van der Waals surface area contributed by atoms with Gasteiger partial charge in [-0.05, 0) is 90.5 Å². The standard InChI is InChI=1S/C52H74Cl2O18/c1-13-30-22-26(6)33(56)18-16-15-17-31(23-66-51-45(65-12)40(59)43(29(9)67-51)69-49(64)35-32(14-2)36(53)39(58)37(54)38(35)57)48(63)68-34(28(8)55)20-19-25(5)21-27(7)42(30)71-50-41(60)44(70-47(62)24(3)4)46(61)52(10,11)72-50/h15-17,19,21-22,24,28-30,33-34,40-46,50-51,55-61H,13-14,18,20,23H2,1-12H3/b16-15+,25-19+,26-22+,27-21+,31-17+/t28-,29+,30+,33+,34+,40-,41+,42+,43+,44-,45-,46+,50-,51+/m1/s1. The van der Waals surface area contributed by atoms with Gasteiger partial charge >= 0.3 is 17.9 Å². The zero-order valence-electron chi connectivity index (χ0n) is 43.0. The Balaban J connectivity index is 1.62. The molecule has 4 rings (SSSR count). The van der Waals surface area contributed by atoms with E-state index in [1.165, 1.54) is 33.1 Å². The van der Waals surface area contributed by atoms with Gasteiger partial charge in [0.2, 0.25) is 0 Å². The Morgan fingerprint density at radius 2 is 1.57 bits per heavy atom. The van der Waals surface area contributed by atoms with E-state index >= 15 is 0 Å². The Morgan fingerprint density at radius 1 is 0.903 bits per heavy atom. The van der Waals surface area contributed by atoms with Gasteiger partial charge in [0.15, 0.2) is 36.3 Å². The summed E-state index contributed by atoms with van der Waals surface area (Å²) >= 11 is 12.3. The summed E-state index contributed by atoms with van der Waals surface area (Å²) in [7, 11) is 1.26. The summed E-state index contributed by atoms with van der Waals surface area (Å²) in [5.74, 6) is -4.88. The number of phenolic OH excluding ortho intramolecular Hbond substituents is 2. The molecule has 14 atom stereocenters. The largest absolute Gasteiger partial charge is 0.505 e. The number of ether oxygens (including phenoxy) is 8.